The summed E-state index contributed by atoms with van der Waals surface area (Å²) in [5.74, 6) is 0.855. The second-order valence-corrected chi connectivity index (χ2v) is 8.50. The Kier molecular flexibility index (Phi) is 10.7. The highest BCUT2D eigenvalue weighted by molar-refractivity contribution is 5.56. The summed E-state index contributed by atoms with van der Waals surface area (Å²) in [5.41, 5.74) is 1.06. The Bertz CT molecular complexity index is 1060. The van der Waals surface area contributed by atoms with Crippen LogP contribution in [0.4, 0.5) is 0 Å². The van der Waals surface area contributed by atoms with E-state index in [9.17, 15) is 30.6 Å². The molecule has 1 aliphatic heterocycles. The Morgan fingerprint density at radius 3 is 2.18 bits per heavy atom. The Morgan fingerprint density at radius 2 is 1.55 bits per heavy atom. The molecule has 1 heterocycles. The molecule has 0 unspecified atom stereocenters. The van der Waals surface area contributed by atoms with Gasteiger partial charge in [0.25, 0.3) is 0 Å². The number of aliphatic hydroxyl groups excluding tert-OH is 7. The number of benzene rings is 2. The number of hydrogen-bond donors (Lipinski definition) is 7. The van der Waals surface area contributed by atoms with Gasteiger partial charge in [0, 0.05) is 0 Å². The summed E-state index contributed by atoms with van der Waals surface area (Å²) in [6.07, 6.45) is -6.47. The Morgan fingerprint density at radius 1 is 0.868 bits per heavy atom. The number of hydrogen-bond acceptors (Lipinski definition) is 12. The van der Waals surface area contributed by atoms with Crippen LogP contribution in [0.15, 0.2) is 42.5 Å². The van der Waals surface area contributed by atoms with Crippen molar-refractivity contribution in [2.75, 3.05) is 34.0 Å². The van der Waals surface area contributed by atoms with Gasteiger partial charge >= 0.3 is 0 Å². The number of methoxy groups -OCH3 is 2. The molecule has 0 saturated carbocycles. The average Bonchev–Trinajstić information content (AvgIpc) is 2.94. The molecule has 12 nitrogen and oxygen atoms in total. The van der Waals surface area contributed by atoms with E-state index in [-0.39, 0.29) is 23.9 Å². The molecule has 38 heavy (non-hydrogen) atoms. The van der Waals surface area contributed by atoms with Gasteiger partial charge in [0.2, 0.25) is 6.29 Å². The van der Waals surface area contributed by atoms with Crippen molar-refractivity contribution in [3.8, 4) is 23.0 Å². The molecule has 3 rings (SSSR count). The predicted octanol–water partition coefficient (Wildman–Crippen LogP) is -0.639. The zero-order valence-electron chi connectivity index (χ0n) is 21.0. The molecule has 7 N–H and O–H groups in total. The lowest BCUT2D eigenvalue weighted by molar-refractivity contribution is -0.277. The van der Waals surface area contributed by atoms with E-state index in [2.05, 4.69) is 0 Å². The highest BCUT2D eigenvalue weighted by Gasteiger charge is 2.45. The Hall–Kier alpha value is -2.94. The van der Waals surface area contributed by atoms with Crippen molar-refractivity contribution in [2.24, 2.45) is 0 Å². The summed E-state index contributed by atoms with van der Waals surface area (Å²) in [7, 11) is 2.80. The lowest BCUT2D eigenvalue weighted by atomic mass is 9.99. The maximum Gasteiger partial charge on any atom is 0.229 e. The normalized spacial score (nSPS) is 25.1. The maximum absolute atomic E-state index is 11.0. The van der Waals surface area contributed by atoms with E-state index in [4.69, 9.17) is 28.8 Å². The van der Waals surface area contributed by atoms with Crippen molar-refractivity contribution in [1.82, 2.24) is 0 Å². The van der Waals surface area contributed by atoms with Gasteiger partial charge in [-0.3, -0.25) is 0 Å². The smallest absolute Gasteiger partial charge is 0.229 e. The maximum atomic E-state index is 11.0. The predicted molar refractivity (Wildman–Crippen MR) is 133 cm³/mol. The number of aliphatic hydroxyl groups is 7. The lowest BCUT2D eigenvalue weighted by Gasteiger charge is -2.39. The molecule has 0 bridgehead atoms. The summed E-state index contributed by atoms with van der Waals surface area (Å²) in [6, 6.07) is 9.36. The first-order chi connectivity index (χ1) is 18.3. The van der Waals surface area contributed by atoms with Crippen molar-refractivity contribution in [1.29, 1.82) is 0 Å². The molecule has 210 valence electrons. The van der Waals surface area contributed by atoms with Crippen LogP contribution in [0, 0.1) is 0 Å². The molecule has 12 heteroatoms. The van der Waals surface area contributed by atoms with E-state index < -0.39 is 56.1 Å². The standard InChI is InChI=1S/C26H34O12/c1-34-18-10-14(4-3-9-27)5-7-16(18)36-20(12-28)22(30)15-6-8-17(19(11-15)35-2)37-26-25(33)24(32)23(31)21(13-29)38-26/h3-8,10-11,20-33H,9,12-13H2,1-2H3/b4-3+/t20-,21-,22-,23-,24+,25-,26-/m1/s1. The van der Waals surface area contributed by atoms with Gasteiger partial charge in [-0.1, -0.05) is 24.3 Å². The molecule has 0 spiro atoms. The van der Waals surface area contributed by atoms with Gasteiger partial charge in [0.05, 0.1) is 34.0 Å². The molecular weight excluding hydrogens is 504 g/mol. The van der Waals surface area contributed by atoms with Crippen LogP contribution in [0.25, 0.3) is 6.08 Å². The van der Waals surface area contributed by atoms with E-state index in [0.29, 0.717) is 11.3 Å². The van der Waals surface area contributed by atoms with E-state index in [1.165, 1.54) is 32.4 Å². The summed E-state index contributed by atoms with van der Waals surface area (Å²) in [5, 5.41) is 69.4. The van der Waals surface area contributed by atoms with Crippen LogP contribution < -0.4 is 18.9 Å². The van der Waals surface area contributed by atoms with E-state index >= 15 is 0 Å². The number of ether oxygens (including phenoxy) is 5. The quantitative estimate of drug-likeness (QED) is 0.181. The minimum atomic E-state index is -1.62. The fourth-order valence-electron chi connectivity index (χ4n) is 3.91. The summed E-state index contributed by atoms with van der Waals surface area (Å²) in [4.78, 5) is 0. The SMILES string of the molecule is COc1cc([C@@H](O)[C@@H](CO)Oc2ccc(/C=C/CO)cc2OC)ccc1O[C@@H]1O[C@H](CO)[C@@H](O)[C@H](O)[C@H]1O. The molecule has 1 aliphatic rings. The van der Waals surface area contributed by atoms with Gasteiger partial charge in [-0.15, -0.1) is 0 Å². The zero-order chi connectivity index (χ0) is 27.8. The third kappa shape index (κ3) is 6.73. The second kappa shape index (κ2) is 13.7. The Labute approximate surface area is 219 Å². The van der Waals surface area contributed by atoms with Gasteiger partial charge in [0.1, 0.15) is 30.5 Å². The van der Waals surface area contributed by atoms with Gasteiger partial charge < -0.3 is 59.4 Å². The summed E-state index contributed by atoms with van der Waals surface area (Å²) < 4.78 is 27.6. The Balaban J connectivity index is 1.78. The molecule has 1 fully saturated rings. The van der Waals surface area contributed by atoms with Crippen LogP contribution in [0.2, 0.25) is 0 Å². The van der Waals surface area contributed by atoms with Crippen molar-refractivity contribution in [3.05, 3.63) is 53.6 Å². The molecular formula is C26H34O12. The first-order valence-corrected chi connectivity index (χ1v) is 11.8. The summed E-state index contributed by atoms with van der Waals surface area (Å²) in [6.45, 7) is -1.26. The fourth-order valence-corrected chi connectivity index (χ4v) is 3.91. The molecule has 2 aromatic rings. The first-order valence-electron chi connectivity index (χ1n) is 11.8. The highest BCUT2D eigenvalue weighted by Crippen LogP contribution is 2.36. The second-order valence-electron chi connectivity index (χ2n) is 8.50. The highest BCUT2D eigenvalue weighted by atomic mass is 16.7. The minimum absolute atomic E-state index is 0.0856. The molecule has 0 aliphatic carbocycles. The topological polar surface area (TPSA) is 188 Å². The van der Waals surface area contributed by atoms with Gasteiger partial charge in [0.15, 0.2) is 29.1 Å². The van der Waals surface area contributed by atoms with Gasteiger partial charge in [-0.25, -0.2) is 0 Å². The van der Waals surface area contributed by atoms with Crippen molar-refractivity contribution >= 4 is 6.08 Å². The number of rotatable bonds is 12. The first kappa shape index (κ1) is 29.6. The van der Waals surface area contributed by atoms with Crippen molar-refractivity contribution in [3.63, 3.8) is 0 Å². The largest absolute Gasteiger partial charge is 0.493 e. The third-order valence-corrected chi connectivity index (χ3v) is 6.03. The van der Waals surface area contributed by atoms with Crippen LogP contribution in [0.1, 0.15) is 17.2 Å². The fraction of sp³-hybridized carbons (Fsp3) is 0.462. The minimum Gasteiger partial charge on any atom is -0.493 e. The molecule has 0 amide bonds. The van der Waals surface area contributed by atoms with E-state index in [1.54, 1.807) is 30.4 Å². The molecule has 7 atom stereocenters. The van der Waals surface area contributed by atoms with Crippen LogP contribution in [0.3, 0.4) is 0 Å². The monoisotopic (exact) mass is 538 g/mol. The van der Waals surface area contributed by atoms with E-state index in [0.717, 1.165) is 5.56 Å². The lowest BCUT2D eigenvalue weighted by Crippen LogP contribution is -2.60. The summed E-state index contributed by atoms with van der Waals surface area (Å²) >= 11 is 0. The molecule has 0 radical (unpaired) electrons. The molecule has 0 aromatic heterocycles. The average molecular weight is 539 g/mol. The van der Waals surface area contributed by atoms with Crippen LogP contribution in [-0.2, 0) is 4.74 Å². The van der Waals surface area contributed by atoms with Crippen molar-refractivity contribution < 1.29 is 59.4 Å². The molecule has 1 saturated heterocycles. The van der Waals surface area contributed by atoms with Crippen LogP contribution in [-0.4, -0.2) is 107 Å². The van der Waals surface area contributed by atoms with Crippen LogP contribution >= 0.6 is 0 Å². The van der Waals surface area contributed by atoms with Gasteiger partial charge in [-0.2, -0.15) is 0 Å². The third-order valence-electron chi connectivity index (χ3n) is 6.03. The van der Waals surface area contributed by atoms with E-state index in [1.807, 2.05) is 0 Å². The zero-order valence-corrected chi connectivity index (χ0v) is 21.0. The molecule has 2 aromatic carbocycles. The van der Waals surface area contributed by atoms with Gasteiger partial charge in [-0.05, 0) is 35.4 Å². The van der Waals surface area contributed by atoms with Crippen molar-refractivity contribution in [2.45, 2.75) is 42.9 Å². The van der Waals surface area contributed by atoms with Crippen LogP contribution in [0.5, 0.6) is 23.0 Å².